The van der Waals surface area contributed by atoms with E-state index in [9.17, 15) is 0 Å². The number of nitrogens with zero attached hydrogens (tertiary/aromatic N) is 6. The lowest BCUT2D eigenvalue weighted by molar-refractivity contribution is 0.640. The van der Waals surface area contributed by atoms with Crippen LogP contribution in [0.2, 0.25) is 0 Å². The van der Waals surface area contributed by atoms with Gasteiger partial charge >= 0.3 is 0 Å². The SMILES string of the molecule is Cc1nccc(N2CCN(c3ccc(-c4ccncc4)cn3)CC2)n1. The van der Waals surface area contributed by atoms with Crippen molar-refractivity contribution in [1.82, 2.24) is 19.9 Å². The molecule has 1 saturated heterocycles. The quantitative estimate of drug-likeness (QED) is 0.735. The van der Waals surface area contributed by atoms with Crippen LogP contribution in [0, 0.1) is 6.92 Å². The van der Waals surface area contributed by atoms with Crippen LogP contribution < -0.4 is 9.80 Å². The molecule has 6 nitrogen and oxygen atoms in total. The number of piperazine rings is 1. The van der Waals surface area contributed by atoms with Gasteiger partial charge < -0.3 is 9.80 Å². The van der Waals surface area contributed by atoms with Crippen LogP contribution in [0.25, 0.3) is 11.1 Å². The maximum atomic E-state index is 4.65. The van der Waals surface area contributed by atoms with E-state index in [1.807, 2.05) is 37.5 Å². The molecule has 4 heterocycles. The molecule has 3 aromatic rings. The van der Waals surface area contributed by atoms with E-state index in [2.05, 4.69) is 41.9 Å². The predicted octanol–water partition coefficient (Wildman–Crippen LogP) is 2.57. The van der Waals surface area contributed by atoms with Crippen molar-refractivity contribution in [3.8, 4) is 11.1 Å². The van der Waals surface area contributed by atoms with Crippen LogP contribution in [0.4, 0.5) is 11.6 Å². The summed E-state index contributed by atoms with van der Waals surface area (Å²) in [6, 6.07) is 10.2. The lowest BCUT2D eigenvalue weighted by Gasteiger charge is -2.36. The number of pyridine rings is 2. The van der Waals surface area contributed by atoms with Gasteiger partial charge in [0.1, 0.15) is 17.5 Å². The molecule has 1 aliphatic rings. The van der Waals surface area contributed by atoms with Crippen molar-refractivity contribution in [2.75, 3.05) is 36.0 Å². The summed E-state index contributed by atoms with van der Waals surface area (Å²) in [6.07, 6.45) is 7.36. The fraction of sp³-hybridized carbons (Fsp3) is 0.263. The smallest absolute Gasteiger partial charge is 0.132 e. The van der Waals surface area contributed by atoms with Crippen molar-refractivity contribution in [1.29, 1.82) is 0 Å². The molecule has 0 aromatic carbocycles. The molecule has 3 aromatic heterocycles. The minimum atomic E-state index is 0.813. The summed E-state index contributed by atoms with van der Waals surface area (Å²) >= 11 is 0. The van der Waals surface area contributed by atoms with E-state index in [0.29, 0.717) is 0 Å². The zero-order valence-electron chi connectivity index (χ0n) is 14.2. The first-order chi connectivity index (χ1) is 12.3. The van der Waals surface area contributed by atoms with Crippen LogP contribution in [-0.4, -0.2) is 46.1 Å². The van der Waals surface area contributed by atoms with Gasteiger partial charge in [0.2, 0.25) is 0 Å². The molecule has 0 radical (unpaired) electrons. The minimum absolute atomic E-state index is 0.813. The highest BCUT2D eigenvalue weighted by Gasteiger charge is 2.19. The van der Waals surface area contributed by atoms with Crippen LogP contribution >= 0.6 is 0 Å². The fourth-order valence-corrected chi connectivity index (χ4v) is 3.07. The molecule has 1 fully saturated rings. The topological polar surface area (TPSA) is 58.0 Å². The van der Waals surface area contributed by atoms with E-state index >= 15 is 0 Å². The molecule has 0 unspecified atom stereocenters. The molecular weight excluding hydrogens is 312 g/mol. The summed E-state index contributed by atoms with van der Waals surface area (Å²) in [5, 5.41) is 0. The van der Waals surface area contributed by atoms with Gasteiger partial charge in [0.05, 0.1) is 0 Å². The summed E-state index contributed by atoms with van der Waals surface area (Å²) in [5.41, 5.74) is 2.25. The van der Waals surface area contributed by atoms with Crippen molar-refractivity contribution >= 4 is 11.6 Å². The van der Waals surface area contributed by atoms with E-state index in [-0.39, 0.29) is 0 Å². The van der Waals surface area contributed by atoms with E-state index < -0.39 is 0 Å². The van der Waals surface area contributed by atoms with Gasteiger partial charge in [-0.25, -0.2) is 15.0 Å². The lowest BCUT2D eigenvalue weighted by Crippen LogP contribution is -2.47. The highest BCUT2D eigenvalue weighted by atomic mass is 15.3. The molecule has 0 amide bonds. The van der Waals surface area contributed by atoms with Crippen LogP contribution in [0.5, 0.6) is 0 Å². The van der Waals surface area contributed by atoms with Gasteiger partial charge in [-0.15, -0.1) is 0 Å². The van der Waals surface area contributed by atoms with Crippen LogP contribution in [0.1, 0.15) is 5.82 Å². The summed E-state index contributed by atoms with van der Waals surface area (Å²) in [7, 11) is 0. The van der Waals surface area contributed by atoms with Gasteiger partial charge in [0, 0.05) is 56.5 Å². The Balaban J connectivity index is 1.42. The van der Waals surface area contributed by atoms with Gasteiger partial charge in [-0.2, -0.15) is 0 Å². The molecule has 25 heavy (non-hydrogen) atoms. The molecule has 0 N–H and O–H groups in total. The van der Waals surface area contributed by atoms with Crippen LogP contribution in [0.15, 0.2) is 55.1 Å². The number of hydrogen-bond acceptors (Lipinski definition) is 6. The molecule has 6 heteroatoms. The molecule has 1 aliphatic heterocycles. The number of anilines is 2. The van der Waals surface area contributed by atoms with Crippen molar-refractivity contribution in [2.45, 2.75) is 6.92 Å². The summed E-state index contributed by atoms with van der Waals surface area (Å²) in [4.78, 5) is 22.0. The van der Waals surface area contributed by atoms with Crippen LogP contribution in [0.3, 0.4) is 0 Å². The van der Waals surface area contributed by atoms with Gasteiger partial charge in [-0.3, -0.25) is 4.98 Å². The molecule has 0 saturated carbocycles. The average molecular weight is 332 g/mol. The highest BCUT2D eigenvalue weighted by Crippen LogP contribution is 2.22. The van der Waals surface area contributed by atoms with E-state index in [4.69, 9.17) is 0 Å². The van der Waals surface area contributed by atoms with Crippen LogP contribution in [-0.2, 0) is 0 Å². The number of hydrogen-bond donors (Lipinski definition) is 0. The second-order valence-corrected chi connectivity index (χ2v) is 6.08. The Morgan fingerprint density at radius 3 is 2.08 bits per heavy atom. The van der Waals surface area contributed by atoms with Gasteiger partial charge in [-0.1, -0.05) is 0 Å². The van der Waals surface area contributed by atoms with E-state index in [0.717, 1.165) is 54.8 Å². The molecule has 0 spiro atoms. The van der Waals surface area contributed by atoms with E-state index in [1.54, 1.807) is 12.4 Å². The summed E-state index contributed by atoms with van der Waals surface area (Å²) < 4.78 is 0. The highest BCUT2D eigenvalue weighted by molar-refractivity contribution is 5.63. The first-order valence-electron chi connectivity index (χ1n) is 8.45. The molecule has 126 valence electrons. The fourth-order valence-electron chi connectivity index (χ4n) is 3.07. The first kappa shape index (κ1) is 15.5. The Morgan fingerprint density at radius 2 is 1.44 bits per heavy atom. The summed E-state index contributed by atoms with van der Waals surface area (Å²) in [6.45, 7) is 5.66. The second-order valence-electron chi connectivity index (χ2n) is 6.08. The van der Waals surface area contributed by atoms with Gasteiger partial charge in [0.15, 0.2) is 0 Å². The molecule has 0 aliphatic carbocycles. The van der Waals surface area contributed by atoms with Crippen molar-refractivity contribution in [2.24, 2.45) is 0 Å². The predicted molar refractivity (Wildman–Crippen MR) is 98.7 cm³/mol. The third-order valence-electron chi connectivity index (χ3n) is 4.45. The number of aromatic nitrogens is 4. The maximum Gasteiger partial charge on any atom is 0.132 e. The zero-order chi connectivity index (χ0) is 17.1. The molecule has 4 rings (SSSR count). The minimum Gasteiger partial charge on any atom is -0.353 e. The Kier molecular flexibility index (Phi) is 4.24. The lowest BCUT2D eigenvalue weighted by atomic mass is 10.1. The average Bonchev–Trinajstić information content (AvgIpc) is 2.69. The first-order valence-corrected chi connectivity index (χ1v) is 8.45. The zero-order valence-corrected chi connectivity index (χ0v) is 14.2. The van der Waals surface area contributed by atoms with Crippen molar-refractivity contribution < 1.29 is 0 Å². The Bertz CT molecular complexity index is 826. The Hall–Kier alpha value is -3.02. The third kappa shape index (κ3) is 3.42. The Labute approximate surface area is 147 Å². The second kappa shape index (κ2) is 6.84. The monoisotopic (exact) mass is 332 g/mol. The largest absolute Gasteiger partial charge is 0.353 e. The number of aryl methyl sites for hydroxylation is 1. The van der Waals surface area contributed by atoms with Gasteiger partial charge in [-0.05, 0) is 42.8 Å². The standard InChI is InChI=1S/C19H20N6/c1-15-21-9-6-19(23-15)25-12-10-24(11-13-25)18-3-2-17(14-22-18)16-4-7-20-8-5-16/h2-9,14H,10-13H2,1H3. The third-order valence-corrected chi connectivity index (χ3v) is 4.45. The number of rotatable bonds is 3. The van der Waals surface area contributed by atoms with Crippen molar-refractivity contribution in [3.63, 3.8) is 0 Å². The van der Waals surface area contributed by atoms with E-state index in [1.165, 1.54) is 0 Å². The van der Waals surface area contributed by atoms with Gasteiger partial charge in [0.25, 0.3) is 0 Å². The molecule has 0 atom stereocenters. The molecule has 0 bridgehead atoms. The normalized spacial score (nSPS) is 14.6. The molecular formula is C19H20N6. The summed E-state index contributed by atoms with van der Waals surface area (Å²) in [5.74, 6) is 2.85. The Morgan fingerprint density at radius 1 is 0.720 bits per heavy atom. The van der Waals surface area contributed by atoms with Crippen molar-refractivity contribution in [3.05, 3.63) is 60.9 Å². The maximum absolute atomic E-state index is 4.65.